The number of amides is 1. The molecule has 0 bridgehead atoms. The fraction of sp³-hybridized carbons (Fsp3) is 0.133. The number of alkyl halides is 1. The first kappa shape index (κ1) is 14.5. The molecule has 0 aromatic heterocycles. The van der Waals surface area contributed by atoms with E-state index >= 15 is 0 Å². The minimum atomic E-state index is -0.553. The zero-order valence-electron chi connectivity index (χ0n) is 10.5. The highest BCUT2D eigenvalue weighted by molar-refractivity contribution is 6.29. The summed E-state index contributed by atoms with van der Waals surface area (Å²) in [5.74, 6) is -1.79. The van der Waals surface area contributed by atoms with E-state index in [4.69, 9.17) is 11.6 Å². The molecule has 0 saturated heterocycles. The molecule has 5 heteroatoms. The number of benzene rings is 2. The van der Waals surface area contributed by atoms with Crippen molar-refractivity contribution in [3.63, 3.8) is 0 Å². The Kier molecular flexibility index (Phi) is 4.69. The van der Waals surface area contributed by atoms with Gasteiger partial charge in [-0.2, -0.15) is 0 Å². The molecule has 0 heterocycles. The summed E-state index contributed by atoms with van der Waals surface area (Å²) in [4.78, 5) is 13.0. The molecule has 0 aliphatic carbocycles. The summed E-state index contributed by atoms with van der Waals surface area (Å²) in [5.41, 5.74) is 0.385. The Balaban J connectivity index is 2.37. The fourth-order valence-corrected chi connectivity index (χ4v) is 1.99. The zero-order chi connectivity index (χ0) is 14.5. The van der Waals surface area contributed by atoms with Gasteiger partial charge in [0.1, 0.15) is 17.5 Å². The van der Waals surface area contributed by atoms with Crippen LogP contribution in [0.25, 0.3) is 0 Å². The van der Waals surface area contributed by atoms with Crippen molar-refractivity contribution >= 4 is 23.2 Å². The topological polar surface area (TPSA) is 20.3 Å². The van der Waals surface area contributed by atoms with Crippen LogP contribution < -0.4 is 4.90 Å². The number of nitrogens with zero attached hydrogens (tertiary/aromatic N) is 1. The molecule has 2 aromatic rings. The molecule has 2 rings (SSSR count). The molecular formula is C15H12ClF2NO. The number of rotatable bonds is 4. The van der Waals surface area contributed by atoms with Crippen LogP contribution in [0.5, 0.6) is 0 Å². The predicted molar refractivity (Wildman–Crippen MR) is 74.7 cm³/mol. The van der Waals surface area contributed by atoms with Crippen molar-refractivity contribution in [2.45, 2.75) is 6.54 Å². The smallest absolute Gasteiger partial charge is 0.242 e. The lowest BCUT2D eigenvalue weighted by Gasteiger charge is -2.22. The SMILES string of the molecule is O=C(CCl)N(Cc1ccccc1F)c1ccccc1F. The van der Waals surface area contributed by atoms with Crippen LogP contribution >= 0.6 is 11.6 Å². The zero-order valence-corrected chi connectivity index (χ0v) is 11.3. The standard InChI is InChI=1S/C15H12ClF2NO/c16-9-15(20)19(14-8-4-3-7-13(14)18)10-11-5-1-2-6-12(11)17/h1-8H,9-10H2. The molecule has 0 fully saturated rings. The van der Waals surface area contributed by atoms with Gasteiger partial charge in [0.2, 0.25) is 5.91 Å². The Morgan fingerprint density at radius 1 is 1.00 bits per heavy atom. The summed E-state index contributed by atoms with van der Waals surface area (Å²) < 4.78 is 27.5. The van der Waals surface area contributed by atoms with Crippen molar-refractivity contribution in [2.24, 2.45) is 0 Å². The van der Waals surface area contributed by atoms with Crippen LogP contribution in [0.15, 0.2) is 48.5 Å². The second-order valence-corrected chi connectivity index (χ2v) is 4.42. The maximum absolute atomic E-state index is 13.8. The summed E-state index contributed by atoms with van der Waals surface area (Å²) in [6, 6.07) is 11.9. The highest BCUT2D eigenvalue weighted by Gasteiger charge is 2.19. The number of carbonyl (C=O) groups is 1. The number of halogens is 3. The van der Waals surface area contributed by atoms with E-state index < -0.39 is 17.5 Å². The van der Waals surface area contributed by atoms with Crippen molar-refractivity contribution in [1.29, 1.82) is 0 Å². The molecule has 1 amide bonds. The molecular weight excluding hydrogens is 284 g/mol. The lowest BCUT2D eigenvalue weighted by atomic mass is 10.1. The molecule has 0 unspecified atom stereocenters. The summed E-state index contributed by atoms with van der Waals surface area (Å²) in [7, 11) is 0. The number of anilines is 1. The van der Waals surface area contributed by atoms with E-state index in [2.05, 4.69) is 0 Å². The summed E-state index contributed by atoms with van der Waals surface area (Å²) in [6.07, 6.45) is 0. The minimum absolute atomic E-state index is 0.0703. The van der Waals surface area contributed by atoms with Gasteiger partial charge in [-0.05, 0) is 18.2 Å². The van der Waals surface area contributed by atoms with E-state index in [0.717, 1.165) is 4.90 Å². The Hall–Kier alpha value is -1.94. The van der Waals surface area contributed by atoms with Gasteiger partial charge in [0.05, 0.1) is 12.2 Å². The van der Waals surface area contributed by atoms with E-state index in [1.807, 2.05) is 0 Å². The van der Waals surface area contributed by atoms with Crippen LogP contribution in [0.2, 0.25) is 0 Å². The molecule has 0 radical (unpaired) electrons. The van der Waals surface area contributed by atoms with Gasteiger partial charge in [-0.15, -0.1) is 11.6 Å². The Morgan fingerprint density at radius 2 is 1.60 bits per heavy atom. The van der Waals surface area contributed by atoms with E-state index in [1.54, 1.807) is 24.3 Å². The highest BCUT2D eigenvalue weighted by atomic mass is 35.5. The first-order valence-corrected chi connectivity index (χ1v) is 6.51. The van der Waals surface area contributed by atoms with Crippen LogP contribution in [0.4, 0.5) is 14.5 Å². The average molecular weight is 296 g/mol. The number of hydrogen-bond donors (Lipinski definition) is 0. The maximum Gasteiger partial charge on any atom is 0.242 e. The fourth-order valence-electron chi connectivity index (χ4n) is 1.85. The van der Waals surface area contributed by atoms with Gasteiger partial charge in [0, 0.05) is 5.56 Å². The second-order valence-electron chi connectivity index (χ2n) is 4.16. The largest absolute Gasteiger partial charge is 0.304 e. The van der Waals surface area contributed by atoms with Gasteiger partial charge in [-0.3, -0.25) is 4.79 Å². The van der Waals surface area contributed by atoms with E-state index in [9.17, 15) is 13.6 Å². The molecule has 0 N–H and O–H groups in total. The Labute approximate surface area is 120 Å². The highest BCUT2D eigenvalue weighted by Crippen LogP contribution is 2.22. The maximum atomic E-state index is 13.8. The summed E-state index contributed by atoms with van der Waals surface area (Å²) in [5, 5.41) is 0. The minimum Gasteiger partial charge on any atom is -0.304 e. The molecule has 0 spiro atoms. The van der Waals surface area contributed by atoms with E-state index in [0.29, 0.717) is 5.56 Å². The van der Waals surface area contributed by atoms with Crippen molar-refractivity contribution in [1.82, 2.24) is 0 Å². The van der Waals surface area contributed by atoms with E-state index in [1.165, 1.54) is 24.3 Å². The lowest BCUT2D eigenvalue weighted by molar-refractivity contribution is -0.116. The van der Waals surface area contributed by atoms with Crippen LogP contribution in [-0.2, 0) is 11.3 Å². The number of hydrogen-bond acceptors (Lipinski definition) is 1. The van der Waals surface area contributed by atoms with Crippen molar-refractivity contribution < 1.29 is 13.6 Å². The van der Waals surface area contributed by atoms with Crippen LogP contribution in [0, 0.1) is 11.6 Å². The molecule has 2 aromatic carbocycles. The van der Waals surface area contributed by atoms with Crippen LogP contribution in [0.3, 0.4) is 0 Å². The van der Waals surface area contributed by atoms with Crippen LogP contribution in [0.1, 0.15) is 5.56 Å². The van der Waals surface area contributed by atoms with Gasteiger partial charge < -0.3 is 4.90 Å². The third-order valence-corrected chi connectivity index (χ3v) is 3.07. The van der Waals surface area contributed by atoms with Crippen LogP contribution in [-0.4, -0.2) is 11.8 Å². The first-order valence-electron chi connectivity index (χ1n) is 5.97. The molecule has 0 aliphatic heterocycles. The molecule has 0 atom stereocenters. The number of para-hydroxylation sites is 1. The van der Waals surface area contributed by atoms with E-state index in [-0.39, 0.29) is 18.1 Å². The van der Waals surface area contributed by atoms with Crippen molar-refractivity contribution in [3.8, 4) is 0 Å². The number of carbonyl (C=O) groups excluding carboxylic acids is 1. The first-order chi connectivity index (χ1) is 9.63. The summed E-state index contributed by atoms with van der Waals surface area (Å²) >= 11 is 5.55. The summed E-state index contributed by atoms with van der Waals surface area (Å²) in [6.45, 7) is -0.0703. The lowest BCUT2D eigenvalue weighted by Crippen LogP contribution is -2.32. The molecule has 2 nitrogen and oxygen atoms in total. The van der Waals surface area contributed by atoms with Gasteiger partial charge >= 0.3 is 0 Å². The van der Waals surface area contributed by atoms with Gasteiger partial charge in [0.25, 0.3) is 0 Å². The molecule has 20 heavy (non-hydrogen) atoms. The van der Waals surface area contributed by atoms with Gasteiger partial charge in [-0.1, -0.05) is 30.3 Å². The Bertz CT molecular complexity index is 618. The second kappa shape index (κ2) is 6.48. The third kappa shape index (κ3) is 3.14. The average Bonchev–Trinajstić information content (AvgIpc) is 2.47. The third-order valence-electron chi connectivity index (χ3n) is 2.84. The normalized spacial score (nSPS) is 10.3. The quantitative estimate of drug-likeness (QED) is 0.787. The van der Waals surface area contributed by atoms with Crippen molar-refractivity contribution in [2.75, 3.05) is 10.8 Å². The molecule has 104 valence electrons. The Morgan fingerprint density at radius 3 is 2.20 bits per heavy atom. The predicted octanol–water partition coefficient (Wildman–Crippen LogP) is 3.74. The van der Waals surface area contributed by atoms with Gasteiger partial charge in [0.15, 0.2) is 0 Å². The monoisotopic (exact) mass is 295 g/mol. The molecule has 0 saturated carbocycles. The van der Waals surface area contributed by atoms with Gasteiger partial charge in [-0.25, -0.2) is 8.78 Å². The van der Waals surface area contributed by atoms with Crippen molar-refractivity contribution in [3.05, 3.63) is 65.7 Å². The molecule has 0 aliphatic rings.